The molecule has 1 aliphatic heterocycles. The minimum Gasteiger partial charge on any atom is -0.507 e. The summed E-state index contributed by atoms with van der Waals surface area (Å²) in [6.07, 6.45) is -4.10. The molecule has 5 rings (SSSR count). The van der Waals surface area contributed by atoms with E-state index in [1.54, 1.807) is 13.8 Å². The van der Waals surface area contributed by atoms with Crippen LogP contribution >= 0.6 is 0 Å². The number of esters is 1. The van der Waals surface area contributed by atoms with Crippen molar-refractivity contribution < 1.29 is 53.8 Å². The van der Waals surface area contributed by atoms with Crippen molar-refractivity contribution in [1.82, 2.24) is 0 Å². The van der Waals surface area contributed by atoms with Gasteiger partial charge >= 0.3 is 5.97 Å². The maximum atomic E-state index is 13.8. The lowest BCUT2D eigenvalue weighted by Crippen LogP contribution is -2.52. The Balaban J connectivity index is 1.76. The highest BCUT2D eigenvalue weighted by Crippen LogP contribution is 2.57. The molecular formula is C29H33NO11. The lowest BCUT2D eigenvalue weighted by Gasteiger charge is -2.45. The molecule has 220 valence electrons. The molecule has 12 nitrogen and oxygen atoms in total. The van der Waals surface area contributed by atoms with Crippen molar-refractivity contribution in [3.63, 3.8) is 0 Å². The summed E-state index contributed by atoms with van der Waals surface area (Å²) in [5.41, 5.74) is 2.63. The number of fused-ring (bicyclic) bond motifs is 3. The first-order valence-corrected chi connectivity index (χ1v) is 13.3. The van der Waals surface area contributed by atoms with Crippen LogP contribution < -0.4 is 10.5 Å². The van der Waals surface area contributed by atoms with Crippen LogP contribution in [0.5, 0.6) is 17.2 Å². The molecule has 0 unspecified atom stereocenters. The van der Waals surface area contributed by atoms with Gasteiger partial charge in [0.15, 0.2) is 12.1 Å². The zero-order valence-electron chi connectivity index (χ0n) is 23.0. The number of nitrogens with two attached hydrogens (primary N) is 1. The number of methoxy groups -OCH3 is 2. The Labute approximate surface area is 235 Å². The molecule has 3 aliphatic rings. The number of aromatic hydroxyl groups is 2. The summed E-state index contributed by atoms with van der Waals surface area (Å²) in [4.78, 5) is 40.7. The molecule has 12 heteroatoms. The van der Waals surface area contributed by atoms with E-state index in [4.69, 9.17) is 24.7 Å². The first-order valence-electron chi connectivity index (χ1n) is 13.3. The van der Waals surface area contributed by atoms with E-state index in [0.717, 1.165) is 7.11 Å². The molecule has 0 radical (unpaired) electrons. The van der Waals surface area contributed by atoms with Gasteiger partial charge in [-0.15, -0.1) is 0 Å². The molecule has 2 aromatic rings. The zero-order valence-corrected chi connectivity index (χ0v) is 23.0. The van der Waals surface area contributed by atoms with Crippen molar-refractivity contribution in [3.05, 3.63) is 51.6 Å². The number of hydrogen-bond donors (Lipinski definition) is 5. The summed E-state index contributed by atoms with van der Waals surface area (Å²) in [6, 6.07) is 3.69. The molecule has 0 spiro atoms. The van der Waals surface area contributed by atoms with Crippen LogP contribution in [0.25, 0.3) is 0 Å². The summed E-state index contributed by atoms with van der Waals surface area (Å²) in [7, 11) is 2.44. The number of ether oxygens (including phenoxy) is 4. The van der Waals surface area contributed by atoms with Crippen molar-refractivity contribution in [3.8, 4) is 17.2 Å². The van der Waals surface area contributed by atoms with Gasteiger partial charge in [-0.1, -0.05) is 19.1 Å². The fourth-order valence-electron chi connectivity index (χ4n) is 6.29. The van der Waals surface area contributed by atoms with Gasteiger partial charge in [-0.05, 0) is 19.4 Å². The van der Waals surface area contributed by atoms with Crippen LogP contribution in [-0.4, -0.2) is 82.3 Å². The van der Waals surface area contributed by atoms with E-state index in [1.807, 2.05) is 0 Å². The van der Waals surface area contributed by atoms with Crippen molar-refractivity contribution in [1.29, 1.82) is 0 Å². The molecule has 2 aliphatic carbocycles. The average Bonchev–Trinajstić information content (AvgIpc) is 2.95. The Morgan fingerprint density at radius 2 is 1.76 bits per heavy atom. The van der Waals surface area contributed by atoms with E-state index < -0.39 is 82.3 Å². The number of aliphatic hydroxyl groups is 2. The Hall–Kier alpha value is -3.55. The second kappa shape index (κ2) is 10.4. The van der Waals surface area contributed by atoms with Gasteiger partial charge in [0, 0.05) is 35.6 Å². The number of carbonyl (C=O) groups is 3. The predicted octanol–water partition coefficient (Wildman–Crippen LogP) is 1.56. The van der Waals surface area contributed by atoms with Crippen molar-refractivity contribution in [2.24, 2.45) is 5.73 Å². The SMILES string of the molecule is CC[C@@]1(O)C[C@H](O[C@H]2C[C@H](N)[C@H](O)[C@H](C)O2)c2c(O)c3c(c(O)c2[C@H]1C(=O)OC)C(=O)c1cccc(OC)c1C3=O. The number of phenols is 2. The standard InChI is InChI=1S/C29H33NO11/c1-5-29(37)10-15(41-16-9-13(30)23(31)11(2)40-16)18-19(22(29)28(36)39-4)27(35)20-21(26(18)34)25(33)17-12(24(20)32)7-6-8-14(17)38-3/h6-8,11,13,15-16,22-23,31,34-35,37H,5,9-10,30H2,1-4H3/t11-,13-,15-,16-,22-,23+,29+/m0/s1. The van der Waals surface area contributed by atoms with Crippen LogP contribution in [0.15, 0.2) is 18.2 Å². The van der Waals surface area contributed by atoms with Crippen molar-refractivity contribution in [2.45, 2.75) is 75.3 Å². The van der Waals surface area contributed by atoms with Crippen LogP contribution in [0.1, 0.15) is 88.1 Å². The van der Waals surface area contributed by atoms with E-state index >= 15 is 0 Å². The Bertz CT molecular complexity index is 1430. The predicted molar refractivity (Wildman–Crippen MR) is 141 cm³/mol. The number of hydrogen-bond acceptors (Lipinski definition) is 12. The number of carbonyl (C=O) groups excluding carboxylic acids is 3. The Morgan fingerprint density at radius 3 is 2.37 bits per heavy atom. The lowest BCUT2D eigenvalue weighted by atomic mass is 9.66. The summed E-state index contributed by atoms with van der Waals surface area (Å²) < 4.78 is 22.2. The number of aliphatic hydroxyl groups excluding tert-OH is 1. The molecule has 1 fully saturated rings. The molecule has 0 aromatic heterocycles. The molecule has 0 amide bonds. The monoisotopic (exact) mass is 571 g/mol. The van der Waals surface area contributed by atoms with Gasteiger partial charge in [0.1, 0.15) is 23.2 Å². The third-order valence-corrected chi connectivity index (χ3v) is 8.50. The fourth-order valence-corrected chi connectivity index (χ4v) is 6.29. The molecule has 0 saturated carbocycles. The maximum Gasteiger partial charge on any atom is 0.316 e. The maximum absolute atomic E-state index is 13.8. The summed E-state index contributed by atoms with van der Waals surface area (Å²) >= 11 is 0. The quantitative estimate of drug-likeness (QED) is 0.219. The highest BCUT2D eigenvalue weighted by molar-refractivity contribution is 6.31. The second-order valence-corrected chi connectivity index (χ2v) is 10.7. The molecule has 7 atom stereocenters. The minimum absolute atomic E-state index is 0.00355. The minimum atomic E-state index is -1.85. The van der Waals surface area contributed by atoms with Crippen LogP contribution in [0, 0.1) is 0 Å². The van der Waals surface area contributed by atoms with Gasteiger partial charge in [-0.3, -0.25) is 14.4 Å². The number of phenolic OH excluding ortho intramolecular Hbond substituents is 2. The average molecular weight is 572 g/mol. The van der Waals surface area contributed by atoms with E-state index in [0.29, 0.717) is 0 Å². The summed E-state index contributed by atoms with van der Waals surface area (Å²) in [5, 5.41) is 45.3. The van der Waals surface area contributed by atoms with Crippen molar-refractivity contribution >= 4 is 17.5 Å². The highest BCUT2D eigenvalue weighted by atomic mass is 16.7. The third-order valence-electron chi connectivity index (χ3n) is 8.50. The van der Waals surface area contributed by atoms with Gasteiger partial charge in [0.05, 0.1) is 54.8 Å². The Morgan fingerprint density at radius 1 is 1.10 bits per heavy atom. The summed E-state index contributed by atoms with van der Waals surface area (Å²) in [6.45, 7) is 3.23. The topological polar surface area (TPSA) is 195 Å². The zero-order chi connectivity index (χ0) is 30.0. The van der Waals surface area contributed by atoms with Gasteiger partial charge < -0.3 is 45.1 Å². The first-order chi connectivity index (χ1) is 19.4. The number of rotatable bonds is 5. The summed E-state index contributed by atoms with van der Waals surface area (Å²) in [5.74, 6) is -5.35. The molecule has 1 heterocycles. The third kappa shape index (κ3) is 4.29. The smallest absolute Gasteiger partial charge is 0.316 e. The highest BCUT2D eigenvalue weighted by Gasteiger charge is 2.54. The molecule has 41 heavy (non-hydrogen) atoms. The Kier molecular flexibility index (Phi) is 7.33. The van der Waals surface area contributed by atoms with Gasteiger partial charge in [0.25, 0.3) is 0 Å². The van der Waals surface area contributed by atoms with Crippen LogP contribution in [0.4, 0.5) is 0 Å². The van der Waals surface area contributed by atoms with Gasteiger partial charge in [-0.25, -0.2) is 0 Å². The fraction of sp³-hybridized carbons (Fsp3) is 0.483. The van der Waals surface area contributed by atoms with Crippen molar-refractivity contribution in [2.75, 3.05) is 14.2 Å². The molecule has 0 bridgehead atoms. The molecule has 2 aromatic carbocycles. The first kappa shape index (κ1) is 29.0. The van der Waals surface area contributed by atoms with Gasteiger partial charge in [-0.2, -0.15) is 0 Å². The van der Waals surface area contributed by atoms with Crippen LogP contribution in [0.3, 0.4) is 0 Å². The molecule has 6 N–H and O–H groups in total. The van der Waals surface area contributed by atoms with E-state index in [2.05, 4.69) is 0 Å². The number of benzene rings is 2. The van der Waals surface area contributed by atoms with E-state index in [-0.39, 0.29) is 47.3 Å². The normalized spacial score (nSPS) is 30.7. The van der Waals surface area contributed by atoms with Gasteiger partial charge in [0.2, 0.25) is 5.78 Å². The van der Waals surface area contributed by atoms with Crippen LogP contribution in [-0.2, 0) is 19.0 Å². The van der Waals surface area contributed by atoms with Crippen LogP contribution in [0.2, 0.25) is 0 Å². The molecule has 1 saturated heterocycles. The van der Waals surface area contributed by atoms with E-state index in [9.17, 15) is 34.8 Å². The largest absolute Gasteiger partial charge is 0.507 e. The van der Waals surface area contributed by atoms with E-state index in [1.165, 1.54) is 25.3 Å². The molecular weight excluding hydrogens is 538 g/mol. The lowest BCUT2D eigenvalue weighted by molar-refractivity contribution is -0.249. The second-order valence-electron chi connectivity index (χ2n) is 10.7. The number of ketones is 2.